The first kappa shape index (κ1) is 47.4. The van der Waals surface area contributed by atoms with Crippen LogP contribution in [0.2, 0.25) is 0 Å². The molecule has 50 heavy (non-hydrogen) atoms. The molecule has 0 aliphatic heterocycles. The van der Waals surface area contributed by atoms with Crippen LogP contribution < -0.4 is 0 Å². The molecular weight excluding hydrogens is 655 g/mol. The van der Waals surface area contributed by atoms with E-state index in [1.807, 2.05) is 48.6 Å². The highest BCUT2D eigenvalue weighted by molar-refractivity contribution is 7.46. The zero-order valence-corrected chi connectivity index (χ0v) is 31.9. The number of ether oxygens (including phenoxy) is 2. The Hall–Kier alpha value is -2.55. The molecule has 0 rings (SSSR count). The van der Waals surface area contributed by atoms with E-state index >= 15 is 0 Å². The summed E-state index contributed by atoms with van der Waals surface area (Å²) < 4.78 is 26.2. The zero-order chi connectivity index (χ0) is 37.1. The molecule has 0 fully saturated rings. The van der Waals surface area contributed by atoms with E-state index in [9.17, 15) is 19.3 Å². The first-order valence-electron chi connectivity index (χ1n) is 18.7. The molecule has 0 aliphatic rings. The molecule has 0 saturated heterocycles. The number of allylic oxidation sites excluding steroid dienone is 10. The number of carbonyl (C=O) groups is 2. The first-order chi connectivity index (χ1) is 24.0. The van der Waals surface area contributed by atoms with E-state index in [4.69, 9.17) is 19.3 Å². The normalized spacial score (nSPS) is 14.1. The molecule has 286 valence electrons. The summed E-state index contributed by atoms with van der Waals surface area (Å²) in [6, 6.07) is 0. The SMILES string of the molecule is CC/C=C\C/C=C\CC(O)/C=C/C=C\C/C=C\C/C=C\CCC(=O)OC[C@H](COP(=O)(O)O)OC(=O)CCCCCCCCCCCC(C)C. The molecule has 0 heterocycles. The van der Waals surface area contributed by atoms with Gasteiger partial charge in [-0.2, -0.15) is 0 Å². The molecule has 1 unspecified atom stereocenters. The maximum atomic E-state index is 12.3. The zero-order valence-electron chi connectivity index (χ0n) is 31.0. The Morgan fingerprint density at radius 1 is 0.680 bits per heavy atom. The van der Waals surface area contributed by atoms with Gasteiger partial charge in [0.25, 0.3) is 0 Å². The number of rotatable bonds is 32. The van der Waals surface area contributed by atoms with Gasteiger partial charge in [0.05, 0.1) is 12.7 Å². The summed E-state index contributed by atoms with van der Waals surface area (Å²) >= 11 is 0. The quantitative estimate of drug-likeness (QED) is 0.0203. The first-order valence-corrected chi connectivity index (χ1v) is 20.2. The van der Waals surface area contributed by atoms with E-state index in [2.05, 4.69) is 43.5 Å². The van der Waals surface area contributed by atoms with Gasteiger partial charge >= 0.3 is 19.8 Å². The molecule has 0 radical (unpaired) electrons. The largest absolute Gasteiger partial charge is 0.469 e. The van der Waals surface area contributed by atoms with Gasteiger partial charge in [-0.3, -0.25) is 14.1 Å². The predicted octanol–water partition coefficient (Wildman–Crippen LogP) is 9.95. The summed E-state index contributed by atoms with van der Waals surface area (Å²) in [5.74, 6) is -0.247. The minimum absolute atomic E-state index is 0.116. The van der Waals surface area contributed by atoms with Crippen molar-refractivity contribution >= 4 is 19.8 Å². The Labute approximate surface area is 302 Å². The lowest BCUT2D eigenvalue weighted by Crippen LogP contribution is -2.29. The summed E-state index contributed by atoms with van der Waals surface area (Å²) in [4.78, 5) is 42.6. The summed E-state index contributed by atoms with van der Waals surface area (Å²) in [6.07, 6.45) is 38.2. The van der Waals surface area contributed by atoms with Gasteiger partial charge in [0.1, 0.15) is 6.61 Å². The molecule has 0 aromatic rings. The summed E-state index contributed by atoms with van der Waals surface area (Å²) in [5, 5.41) is 9.95. The average molecular weight is 723 g/mol. The predicted molar refractivity (Wildman–Crippen MR) is 203 cm³/mol. The van der Waals surface area contributed by atoms with Crippen molar-refractivity contribution in [2.45, 2.75) is 149 Å². The van der Waals surface area contributed by atoms with Crippen LogP contribution in [-0.4, -0.2) is 52.3 Å². The van der Waals surface area contributed by atoms with Crippen LogP contribution in [0.25, 0.3) is 0 Å². The molecule has 0 spiro atoms. The topological polar surface area (TPSA) is 140 Å². The number of hydrogen-bond acceptors (Lipinski definition) is 7. The van der Waals surface area contributed by atoms with Crippen molar-refractivity contribution in [3.63, 3.8) is 0 Å². The monoisotopic (exact) mass is 722 g/mol. The maximum Gasteiger partial charge on any atom is 0.469 e. The number of aliphatic hydroxyl groups is 1. The average Bonchev–Trinajstić information content (AvgIpc) is 3.06. The van der Waals surface area contributed by atoms with Crippen LogP contribution in [0.4, 0.5) is 0 Å². The smallest absolute Gasteiger partial charge is 0.462 e. The van der Waals surface area contributed by atoms with E-state index in [0.29, 0.717) is 25.7 Å². The summed E-state index contributed by atoms with van der Waals surface area (Å²) in [6.45, 7) is 5.70. The highest BCUT2D eigenvalue weighted by atomic mass is 31.2. The number of hydrogen-bond donors (Lipinski definition) is 3. The van der Waals surface area contributed by atoms with Crippen LogP contribution in [0.5, 0.6) is 0 Å². The molecule has 10 heteroatoms. The van der Waals surface area contributed by atoms with E-state index < -0.39 is 38.6 Å². The molecule has 0 bridgehead atoms. The lowest BCUT2D eigenvalue weighted by Gasteiger charge is -2.18. The van der Waals surface area contributed by atoms with E-state index in [1.165, 1.54) is 38.5 Å². The minimum atomic E-state index is -4.78. The van der Waals surface area contributed by atoms with Crippen LogP contribution in [0, 0.1) is 5.92 Å². The second-order valence-corrected chi connectivity index (χ2v) is 14.1. The number of aliphatic hydroxyl groups excluding tert-OH is 1. The fraction of sp³-hybridized carbons (Fsp3) is 0.650. The lowest BCUT2D eigenvalue weighted by atomic mass is 10.0. The maximum absolute atomic E-state index is 12.3. The van der Waals surface area contributed by atoms with Gasteiger partial charge in [-0.1, -0.05) is 151 Å². The Kier molecular flexibility index (Phi) is 31.9. The molecule has 0 aliphatic carbocycles. The number of esters is 2. The van der Waals surface area contributed by atoms with Gasteiger partial charge < -0.3 is 24.4 Å². The lowest BCUT2D eigenvalue weighted by molar-refractivity contribution is -0.161. The molecule has 3 N–H and O–H groups in total. The van der Waals surface area contributed by atoms with Gasteiger partial charge in [0, 0.05) is 12.8 Å². The highest BCUT2D eigenvalue weighted by Crippen LogP contribution is 2.36. The number of phosphoric acid groups is 1. The summed E-state index contributed by atoms with van der Waals surface area (Å²) in [7, 11) is -4.78. The third kappa shape index (κ3) is 36.7. The van der Waals surface area contributed by atoms with Crippen molar-refractivity contribution in [1.82, 2.24) is 0 Å². The van der Waals surface area contributed by atoms with Crippen molar-refractivity contribution < 1.29 is 43.0 Å². The fourth-order valence-electron chi connectivity index (χ4n) is 4.72. The fourth-order valence-corrected chi connectivity index (χ4v) is 5.09. The van der Waals surface area contributed by atoms with Gasteiger partial charge in [0.15, 0.2) is 6.10 Å². The van der Waals surface area contributed by atoms with Crippen molar-refractivity contribution in [1.29, 1.82) is 0 Å². The molecule has 9 nitrogen and oxygen atoms in total. The Balaban J connectivity index is 4.19. The number of phosphoric ester groups is 1. The molecule has 2 atom stereocenters. The molecule has 0 aromatic carbocycles. The van der Waals surface area contributed by atoms with E-state index in [1.54, 1.807) is 6.08 Å². The third-order valence-electron chi connectivity index (χ3n) is 7.51. The Morgan fingerprint density at radius 2 is 1.26 bits per heavy atom. The van der Waals surface area contributed by atoms with E-state index in [0.717, 1.165) is 44.4 Å². The van der Waals surface area contributed by atoms with Crippen molar-refractivity contribution in [2.75, 3.05) is 13.2 Å². The molecular formula is C40H67O9P. The van der Waals surface area contributed by atoms with Crippen LogP contribution >= 0.6 is 7.82 Å². The second kappa shape index (κ2) is 33.6. The van der Waals surface area contributed by atoms with Crippen LogP contribution in [0.1, 0.15) is 136 Å². The molecule has 0 saturated carbocycles. The van der Waals surface area contributed by atoms with Crippen LogP contribution in [0.15, 0.2) is 72.9 Å². The molecule has 0 aromatic heterocycles. The van der Waals surface area contributed by atoms with Gasteiger partial charge in [-0.25, -0.2) is 4.57 Å². The molecule has 0 amide bonds. The summed E-state index contributed by atoms with van der Waals surface area (Å²) in [5.41, 5.74) is 0. The van der Waals surface area contributed by atoms with Crippen molar-refractivity contribution in [3.05, 3.63) is 72.9 Å². The Bertz CT molecular complexity index is 1070. The van der Waals surface area contributed by atoms with Crippen LogP contribution in [-0.2, 0) is 28.2 Å². The Morgan fingerprint density at radius 3 is 1.90 bits per heavy atom. The standard InChI is InChI=1S/C40H67O9P/c1-4-5-6-7-20-25-30-37(41)31-26-21-16-12-8-9-13-17-22-27-32-39(42)47-34-38(35-48-50(44,45)46)49-40(43)33-28-23-18-14-10-11-15-19-24-29-36(2)3/h5-6,8-9,16-17,20-22,25-26,31,36-38,41H,4,7,10-15,18-19,23-24,27-30,32-35H2,1-3H3,(H2,44,45,46)/b6-5-,9-8-,21-16-,22-17-,25-20-,31-26+/t37?,38-/m1/s1. The van der Waals surface area contributed by atoms with Gasteiger partial charge in [0.2, 0.25) is 0 Å². The van der Waals surface area contributed by atoms with Crippen LogP contribution in [0.3, 0.4) is 0 Å². The van der Waals surface area contributed by atoms with Crippen molar-refractivity contribution in [3.8, 4) is 0 Å². The third-order valence-corrected chi connectivity index (χ3v) is 8.00. The second-order valence-electron chi connectivity index (χ2n) is 12.9. The number of carbonyl (C=O) groups excluding carboxylic acids is 2. The van der Waals surface area contributed by atoms with Gasteiger partial charge in [-0.05, 0) is 50.9 Å². The van der Waals surface area contributed by atoms with Crippen molar-refractivity contribution in [2.24, 2.45) is 5.92 Å². The van der Waals surface area contributed by atoms with E-state index in [-0.39, 0.29) is 19.4 Å². The number of unbranched alkanes of at least 4 members (excludes halogenated alkanes) is 8. The highest BCUT2D eigenvalue weighted by Gasteiger charge is 2.22. The van der Waals surface area contributed by atoms with Gasteiger partial charge in [-0.15, -0.1) is 0 Å². The minimum Gasteiger partial charge on any atom is -0.462 e.